The van der Waals surface area contributed by atoms with E-state index in [0.29, 0.717) is 0 Å². The van der Waals surface area contributed by atoms with Gasteiger partial charge in [-0.25, -0.2) is 4.79 Å². The van der Waals surface area contributed by atoms with Crippen molar-refractivity contribution < 1.29 is 62.7 Å². The zero-order chi connectivity index (χ0) is 5.28. The van der Waals surface area contributed by atoms with Crippen LogP contribution >= 0.6 is 0 Å². The number of hydrogen-bond donors (Lipinski definition) is 1. The summed E-state index contributed by atoms with van der Waals surface area (Å²) in [6.07, 6.45) is 0.248. The Bertz CT molecular complexity index is 96.6. The molecule has 3 nitrogen and oxygen atoms in total. The molecule has 0 radical (unpaired) electrons. The van der Waals surface area contributed by atoms with E-state index in [1.807, 2.05) is 0 Å². The molecule has 0 aromatic rings. The maximum Gasteiger partial charge on any atom is 1.00 e. The maximum absolute atomic E-state index is 9.91. The molecule has 42 valence electrons. The standard InChI is InChI=1S/C4H7NO2.K.H/c6-4(7)5-2-1-3-5;;/h1-3H2,(H,6,7);;/q;+1;-1. The summed E-state index contributed by atoms with van der Waals surface area (Å²) in [4.78, 5) is 11.3. The van der Waals surface area contributed by atoms with Crippen LogP contribution in [0.25, 0.3) is 0 Å². The van der Waals surface area contributed by atoms with Crippen LogP contribution < -0.4 is 51.4 Å². The van der Waals surface area contributed by atoms with Gasteiger partial charge in [-0.2, -0.15) is 0 Å². The minimum absolute atomic E-state index is 0. The van der Waals surface area contributed by atoms with Crippen molar-refractivity contribution in [2.45, 2.75) is 6.42 Å². The fourth-order valence-electron chi connectivity index (χ4n) is 0.508. The van der Waals surface area contributed by atoms with Crippen LogP contribution in [0.2, 0.25) is 0 Å². The second-order valence-electron chi connectivity index (χ2n) is 1.62. The van der Waals surface area contributed by atoms with Gasteiger partial charge in [0.1, 0.15) is 0 Å². The van der Waals surface area contributed by atoms with Crippen molar-refractivity contribution in [3.63, 3.8) is 0 Å². The topological polar surface area (TPSA) is 40.5 Å². The quantitative estimate of drug-likeness (QED) is 0.378. The van der Waals surface area contributed by atoms with Crippen LogP contribution in [0.5, 0.6) is 0 Å². The number of nitrogens with zero attached hydrogens (tertiary/aromatic N) is 1. The largest absolute Gasteiger partial charge is 1.00 e. The fourth-order valence-corrected chi connectivity index (χ4v) is 0.508. The number of likely N-dealkylation sites (tertiary alicyclic amines) is 1. The second-order valence-corrected chi connectivity index (χ2v) is 1.62. The number of carboxylic acid groups (broad SMARTS) is 1. The summed E-state index contributed by atoms with van der Waals surface area (Å²) in [6.45, 7) is 1.46. The van der Waals surface area contributed by atoms with Crippen molar-refractivity contribution in [1.82, 2.24) is 4.90 Å². The minimum atomic E-state index is -0.786. The molecule has 1 saturated heterocycles. The number of hydrogen-bond acceptors (Lipinski definition) is 1. The molecule has 1 fully saturated rings. The average molecular weight is 141 g/mol. The summed E-state index contributed by atoms with van der Waals surface area (Å²) in [5.41, 5.74) is 0. The molecule has 0 aliphatic carbocycles. The molecular weight excluding hydrogens is 133 g/mol. The predicted octanol–water partition coefficient (Wildman–Crippen LogP) is -2.51. The smallest absolute Gasteiger partial charge is 1.00 e. The monoisotopic (exact) mass is 141 g/mol. The molecule has 1 rings (SSSR count). The Labute approximate surface area is 92.0 Å². The molecule has 0 aromatic heterocycles. The van der Waals surface area contributed by atoms with Gasteiger partial charge in [0.15, 0.2) is 0 Å². The van der Waals surface area contributed by atoms with Gasteiger partial charge in [0.25, 0.3) is 0 Å². The van der Waals surface area contributed by atoms with E-state index in [9.17, 15) is 4.79 Å². The van der Waals surface area contributed by atoms with Crippen molar-refractivity contribution >= 4 is 6.09 Å². The van der Waals surface area contributed by atoms with E-state index in [1.54, 1.807) is 0 Å². The summed E-state index contributed by atoms with van der Waals surface area (Å²) in [5.74, 6) is 0. The van der Waals surface area contributed by atoms with E-state index in [2.05, 4.69) is 0 Å². The summed E-state index contributed by atoms with van der Waals surface area (Å²) < 4.78 is 0. The van der Waals surface area contributed by atoms with E-state index < -0.39 is 6.09 Å². The third-order valence-corrected chi connectivity index (χ3v) is 1.13. The predicted molar refractivity (Wildman–Crippen MR) is 25.3 cm³/mol. The van der Waals surface area contributed by atoms with Crippen molar-refractivity contribution in [2.75, 3.05) is 13.1 Å². The van der Waals surface area contributed by atoms with Gasteiger partial charge < -0.3 is 11.4 Å². The first kappa shape index (κ1) is 8.91. The van der Waals surface area contributed by atoms with Gasteiger partial charge in [-0.15, -0.1) is 0 Å². The SMILES string of the molecule is O=C(O)N1CCC1.[H-].[K+]. The number of carbonyl (C=O) groups is 1. The zero-order valence-electron chi connectivity index (χ0n) is 5.92. The molecule has 1 aliphatic rings. The molecule has 0 atom stereocenters. The van der Waals surface area contributed by atoms with E-state index in [0.717, 1.165) is 19.5 Å². The first-order chi connectivity index (χ1) is 3.30. The Balaban J connectivity index is 0. The normalized spacial score (nSPS) is 16.2. The molecule has 1 aliphatic heterocycles. The van der Waals surface area contributed by atoms with Crippen LogP contribution in [0, 0.1) is 0 Å². The van der Waals surface area contributed by atoms with Crippen molar-refractivity contribution in [2.24, 2.45) is 0 Å². The Kier molecular flexibility index (Phi) is 4.28. The minimum Gasteiger partial charge on any atom is -1.00 e. The third kappa shape index (κ3) is 2.03. The van der Waals surface area contributed by atoms with Crippen LogP contribution in [0.4, 0.5) is 4.79 Å². The Morgan fingerprint density at radius 3 is 2.12 bits per heavy atom. The third-order valence-electron chi connectivity index (χ3n) is 1.13. The van der Waals surface area contributed by atoms with Crippen molar-refractivity contribution in [1.29, 1.82) is 0 Å². The van der Waals surface area contributed by atoms with Crippen LogP contribution in [-0.4, -0.2) is 29.2 Å². The van der Waals surface area contributed by atoms with Crippen LogP contribution in [0.1, 0.15) is 7.85 Å². The summed E-state index contributed by atoms with van der Waals surface area (Å²) in [7, 11) is 0. The Hall–Kier alpha value is 0.906. The first-order valence-electron chi connectivity index (χ1n) is 2.28. The zero-order valence-corrected chi connectivity index (χ0v) is 8.05. The number of rotatable bonds is 0. The van der Waals surface area contributed by atoms with Gasteiger partial charge in [0.05, 0.1) is 0 Å². The van der Waals surface area contributed by atoms with Gasteiger partial charge >= 0.3 is 57.5 Å². The van der Waals surface area contributed by atoms with Gasteiger partial charge in [0.2, 0.25) is 0 Å². The van der Waals surface area contributed by atoms with Gasteiger partial charge in [0, 0.05) is 13.1 Å². The molecule has 0 unspecified atom stereocenters. The van der Waals surface area contributed by atoms with E-state index >= 15 is 0 Å². The summed E-state index contributed by atoms with van der Waals surface area (Å²) in [6, 6.07) is 0. The molecule has 0 aromatic carbocycles. The van der Waals surface area contributed by atoms with Gasteiger partial charge in [-0.1, -0.05) is 0 Å². The molecule has 0 spiro atoms. The van der Waals surface area contributed by atoms with Crippen LogP contribution in [0.3, 0.4) is 0 Å². The number of amides is 1. The van der Waals surface area contributed by atoms with Crippen LogP contribution in [0.15, 0.2) is 0 Å². The molecular formula is C4H8KNO2. The average Bonchev–Trinajstić information content (AvgIpc) is 1.23. The van der Waals surface area contributed by atoms with Crippen molar-refractivity contribution in [3.8, 4) is 0 Å². The fraction of sp³-hybridized carbons (Fsp3) is 0.750. The summed E-state index contributed by atoms with van der Waals surface area (Å²) >= 11 is 0. The molecule has 0 bridgehead atoms. The van der Waals surface area contributed by atoms with E-state index in [1.165, 1.54) is 4.90 Å². The van der Waals surface area contributed by atoms with Crippen molar-refractivity contribution in [3.05, 3.63) is 0 Å². The van der Waals surface area contributed by atoms with E-state index in [4.69, 9.17) is 5.11 Å². The molecule has 1 heterocycles. The molecule has 1 amide bonds. The molecule has 4 heteroatoms. The van der Waals surface area contributed by atoms with Gasteiger partial charge in [-0.05, 0) is 6.42 Å². The Morgan fingerprint density at radius 2 is 2.12 bits per heavy atom. The van der Waals surface area contributed by atoms with E-state index in [-0.39, 0.29) is 52.8 Å². The molecule has 0 saturated carbocycles. The van der Waals surface area contributed by atoms with Gasteiger partial charge in [-0.3, -0.25) is 0 Å². The molecule has 1 N–H and O–H groups in total. The second kappa shape index (κ2) is 3.84. The summed E-state index contributed by atoms with van der Waals surface area (Å²) in [5, 5.41) is 8.16. The maximum atomic E-state index is 9.91. The first-order valence-corrected chi connectivity index (χ1v) is 2.28. The van der Waals surface area contributed by atoms with Crippen LogP contribution in [-0.2, 0) is 0 Å². The Morgan fingerprint density at radius 1 is 1.62 bits per heavy atom. The molecule has 8 heavy (non-hydrogen) atoms.